The number of thiophene rings is 1. The molecular weight excluding hydrogens is 507 g/mol. The summed E-state index contributed by atoms with van der Waals surface area (Å²) in [5.41, 5.74) is 1.22. The minimum absolute atomic E-state index is 0.0598. The molecule has 1 aliphatic heterocycles. The second-order valence-electron chi connectivity index (χ2n) is 12.2. The van der Waals surface area contributed by atoms with E-state index in [0.717, 1.165) is 43.4 Å². The molecule has 0 spiro atoms. The minimum Gasteiger partial charge on any atom is -0.543 e. The summed E-state index contributed by atoms with van der Waals surface area (Å²) in [6.45, 7) is 28.4. The molecule has 1 amide bonds. The van der Waals surface area contributed by atoms with E-state index < -0.39 is 8.32 Å². The summed E-state index contributed by atoms with van der Waals surface area (Å²) in [4.78, 5) is 22.2. The highest BCUT2D eigenvalue weighted by Gasteiger charge is 2.40. The topological polar surface area (TPSA) is 36.0 Å². The van der Waals surface area contributed by atoms with Crippen LogP contribution in [-0.4, -0.2) is 73.7 Å². The van der Waals surface area contributed by atoms with E-state index in [1.54, 1.807) is 11.3 Å². The van der Waals surface area contributed by atoms with E-state index in [9.17, 15) is 4.79 Å². The van der Waals surface area contributed by atoms with Gasteiger partial charge >= 0.3 is 0 Å². The fourth-order valence-corrected chi connectivity index (χ4v) is 7.15. The zero-order chi connectivity index (χ0) is 28.3. The lowest BCUT2D eigenvalue weighted by Crippen LogP contribution is -2.57. The molecule has 210 valence electrons. The zero-order valence-corrected chi connectivity index (χ0v) is 26.9. The van der Waals surface area contributed by atoms with Crippen molar-refractivity contribution in [3.63, 3.8) is 0 Å². The Hall–Kier alpha value is -1.93. The van der Waals surface area contributed by atoms with Crippen LogP contribution in [0.25, 0.3) is 0 Å². The van der Waals surface area contributed by atoms with Crippen LogP contribution in [0.2, 0.25) is 18.1 Å². The lowest BCUT2D eigenvalue weighted by molar-refractivity contribution is 0.0315. The summed E-state index contributed by atoms with van der Waals surface area (Å²) in [5.74, 6) is 1.07. The number of benzene rings is 1. The van der Waals surface area contributed by atoms with Crippen LogP contribution in [-0.2, 0) is 0 Å². The Morgan fingerprint density at radius 2 is 1.84 bits per heavy atom. The van der Waals surface area contributed by atoms with Crippen LogP contribution >= 0.6 is 11.3 Å². The summed E-state index contributed by atoms with van der Waals surface area (Å²) in [7, 11) is -1.97. The van der Waals surface area contributed by atoms with E-state index in [1.807, 2.05) is 30.9 Å². The van der Waals surface area contributed by atoms with E-state index >= 15 is 0 Å². The van der Waals surface area contributed by atoms with Crippen molar-refractivity contribution in [2.24, 2.45) is 0 Å². The number of nitrogens with zero attached hydrogens (tertiary/aromatic N) is 3. The predicted octanol–water partition coefficient (Wildman–Crippen LogP) is 7.28. The van der Waals surface area contributed by atoms with Gasteiger partial charge in [0.2, 0.25) is 8.32 Å². The van der Waals surface area contributed by atoms with Crippen LogP contribution in [0, 0.1) is 0 Å². The molecule has 1 aromatic heterocycles. The summed E-state index contributed by atoms with van der Waals surface area (Å²) in [5, 5.41) is 0.126. The number of hydrogen-bond acceptors (Lipinski definition) is 5. The first-order chi connectivity index (χ1) is 17.8. The van der Waals surface area contributed by atoms with Crippen molar-refractivity contribution in [1.82, 2.24) is 14.7 Å². The number of piperazine rings is 1. The van der Waals surface area contributed by atoms with Gasteiger partial charge in [0.15, 0.2) is 0 Å². The van der Waals surface area contributed by atoms with Gasteiger partial charge in [-0.15, -0.1) is 17.9 Å². The number of carbonyl (C=O) groups is 1. The molecule has 1 saturated heterocycles. The molecule has 2 aromatic rings. The van der Waals surface area contributed by atoms with Crippen molar-refractivity contribution in [3.8, 4) is 5.75 Å². The summed E-state index contributed by atoms with van der Waals surface area (Å²) < 4.78 is 6.72. The smallest absolute Gasteiger partial charge is 0.263 e. The summed E-state index contributed by atoms with van der Waals surface area (Å²) in [6.07, 6.45) is 2.00. The van der Waals surface area contributed by atoms with Gasteiger partial charge in [0.25, 0.3) is 5.91 Å². The molecule has 3 rings (SSSR count). The van der Waals surface area contributed by atoms with E-state index in [2.05, 4.69) is 94.4 Å². The maximum atomic E-state index is 13.2. The molecule has 0 bridgehead atoms. The molecule has 1 fully saturated rings. The molecule has 0 unspecified atom stereocenters. The van der Waals surface area contributed by atoms with Crippen molar-refractivity contribution in [2.45, 2.75) is 84.7 Å². The largest absolute Gasteiger partial charge is 0.543 e. The van der Waals surface area contributed by atoms with E-state index in [-0.39, 0.29) is 17.0 Å². The van der Waals surface area contributed by atoms with Crippen molar-refractivity contribution < 1.29 is 9.22 Å². The Bertz CT molecular complexity index is 1090. The first-order valence-electron chi connectivity index (χ1n) is 14.1. The first-order valence-corrected chi connectivity index (χ1v) is 17.8. The fourth-order valence-electron chi connectivity index (χ4n) is 5.00. The molecule has 38 heavy (non-hydrogen) atoms. The highest BCUT2D eigenvalue weighted by Crippen LogP contribution is 2.40. The second-order valence-corrected chi connectivity index (χ2v) is 18.0. The van der Waals surface area contributed by atoms with Crippen LogP contribution in [0.1, 0.15) is 74.6 Å². The minimum atomic E-state index is -1.97. The molecule has 0 N–H and O–H groups in total. The SMILES string of the molecule is C=CCN1C[C@H](C)N([C@H](c2cccc(O[Si](C)(C)C(C)(C)C)c2)c2ccc(C(=O)N(CC)CC)s2)C[C@H]1C. The molecule has 0 radical (unpaired) electrons. The van der Waals surface area contributed by atoms with Crippen LogP contribution in [0.3, 0.4) is 0 Å². The Morgan fingerprint density at radius 1 is 1.16 bits per heavy atom. The average Bonchev–Trinajstić information content (AvgIpc) is 3.32. The highest BCUT2D eigenvalue weighted by molar-refractivity contribution is 7.14. The molecule has 7 heteroatoms. The summed E-state index contributed by atoms with van der Waals surface area (Å²) >= 11 is 1.64. The molecule has 3 atom stereocenters. The highest BCUT2D eigenvalue weighted by atomic mass is 32.1. The van der Waals surface area contributed by atoms with Gasteiger partial charge in [-0.3, -0.25) is 14.6 Å². The Kier molecular flexibility index (Phi) is 10.1. The second kappa shape index (κ2) is 12.5. The maximum absolute atomic E-state index is 13.2. The van der Waals surface area contributed by atoms with Crippen LogP contribution in [0.5, 0.6) is 5.75 Å². The van der Waals surface area contributed by atoms with Crippen LogP contribution in [0.15, 0.2) is 49.1 Å². The Balaban J connectivity index is 2.04. The van der Waals surface area contributed by atoms with Crippen molar-refractivity contribution in [3.05, 3.63) is 64.4 Å². The van der Waals surface area contributed by atoms with Crippen molar-refractivity contribution in [2.75, 3.05) is 32.7 Å². The van der Waals surface area contributed by atoms with Crippen LogP contribution < -0.4 is 4.43 Å². The van der Waals surface area contributed by atoms with Gasteiger partial charge in [-0.2, -0.15) is 0 Å². The Morgan fingerprint density at radius 3 is 2.45 bits per heavy atom. The third-order valence-corrected chi connectivity index (χ3v) is 13.9. The standard InChI is InChI=1S/C31H49N3O2SSi/c1-11-19-33-21-24(5)34(22-23(33)4)29(27-17-18-28(37-27)30(35)32(12-2)13-3)25-15-14-16-26(20-25)36-38(9,10)31(6,7)8/h11,14-18,20,23-24,29H,1,12-13,19,21-22H2,2-10H3/t23-,24+,29-/m1/s1. The lowest BCUT2D eigenvalue weighted by atomic mass is 9.98. The number of carbonyl (C=O) groups excluding carboxylic acids is 1. The van der Waals surface area contributed by atoms with Crippen molar-refractivity contribution >= 4 is 25.6 Å². The first kappa shape index (κ1) is 30.6. The number of amides is 1. The molecule has 5 nitrogen and oxygen atoms in total. The fraction of sp³-hybridized carbons (Fsp3) is 0.581. The predicted molar refractivity (Wildman–Crippen MR) is 165 cm³/mol. The number of hydrogen-bond donors (Lipinski definition) is 0. The average molecular weight is 556 g/mol. The van der Waals surface area contributed by atoms with E-state index in [0.29, 0.717) is 12.1 Å². The Labute approximate surface area is 236 Å². The molecule has 0 saturated carbocycles. The maximum Gasteiger partial charge on any atom is 0.263 e. The van der Waals surface area contributed by atoms with Crippen LogP contribution in [0.4, 0.5) is 0 Å². The normalized spacial score (nSPS) is 20.2. The zero-order valence-electron chi connectivity index (χ0n) is 25.1. The molecular formula is C31H49N3O2SSi. The summed E-state index contributed by atoms with van der Waals surface area (Å²) in [6, 6.07) is 13.7. The quantitative estimate of drug-likeness (QED) is 0.228. The van der Waals surface area contributed by atoms with Gasteiger partial charge in [0.05, 0.1) is 10.9 Å². The lowest BCUT2D eigenvalue weighted by Gasteiger charge is -2.47. The molecule has 0 aliphatic carbocycles. The van der Waals surface area contributed by atoms with Gasteiger partial charge in [-0.1, -0.05) is 39.0 Å². The van der Waals surface area contributed by atoms with E-state index in [4.69, 9.17) is 4.43 Å². The monoisotopic (exact) mass is 555 g/mol. The van der Waals surface area contributed by atoms with Gasteiger partial charge < -0.3 is 9.33 Å². The van der Waals surface area contributed by atoms with Gasteiger partial charge in [-0.25, -0.2) is 0 Å². The molecule has 1 aromatic carbocycles. The third-order valence-electron chi connectivity index (χ3n) is 8.37. The number of rotatable bonds is 10. The third kappa shape index (κ3) is 6.79. The van der Waals surface area contributed by atoms with Gasteiger partial charge in [0, 0.05) is 49.7 Å². The molecule has 2 heterocycles. The van der Waals surface area contributed by atoms with Crippen molar-refractivity contribution in [1.29, 1.82) is 0 Å². The van der Waals surface area contributed by atoms with E-state index in [1.165, 1.54) is 10.4 Å². The van der Waals surface area contributed by atoms with Gasteiger partial charge in [0.1, 0.15) is 5.75 Å². The molecule has 1 aliphatic rings. The van der Waals surface area contributed by atoms with Gasteiger partial charge in [-0.05, 0) is 75.7 Å².